The minimum absolute atomic E-state index is 0.00232. The second kappa shape index (κ2) is 21.9. The van der Waals surface area contributed by atoms with Crippen LogP contribution < -0.4 is 0 Å². The highest BCUT2D eigenvalue weighted by molar-refractivity contribution is 6.39. The summed E-state index contributed by atoms with van der Waals surface area (Å²) in [6.07, 6.45) is -1.48. The first-order valence-corrected chi connectivity index (χ1v) is 19.1. The second-order valence-electron chi connectivity index (χ2n) is 14.9. The molecule has 2 fully saturated rings. The molecule has 0 spiro atoms. The molecular formula is C39H63NO14. The third-order valence-corrected chi connectivity index (χ3v) is 10.7. The summed E-state index contributed by atoms with van der Waals surface area (Å²) in [6, 6.07) is -1.26. The number of hydrogen-bond donors (Lipinski definition) is 3. The summed E-state index contributed by atoms with van der Waals surface area (Å²) in [5.74, 6) is -9.67. The molecule has 2 aliphatic rings. The molecule has 0 aromatic carbocycles. The van der Waals surface area contributed by atoms with Gasteiger partial charge in [0.25, 0.3) is 11.7 Å². The van der Waals surface area contributed by atoms with Crippen molar-refractivity contribution in [2.45, 2.75) is 148 Å². The zero-order valence-corrected chi connectivity index (χ0v) is 33.4. The van der Waals surface area contributed by atoms with E-state index in [9.17, 15) is 44.1 Å². The second-order valence-corrected chi connectivity index (χ2v) is 14.9. The quantitative estimate of drug-likeness (QED) is 0.0870. The summed E-state index contributed by atoms with van der Waals surface area (Å²) in [6.45, 7) is 11.2. The molecule has 15 heteroatoms. The Morgan fingerprint density at radius 3 is 2.24 bits per heavy atom. The van der Waals surface area contributed by atoms with Crippen LogP contribution in [0.25, 0.3) is 0 Å². The molecule has 15 nitrogen and oxygen atoms in total. The topological polar surface area (TPSA) is 212 Å². The van der Waals surface area contributed by atoms with E-state index in [0.717, 1.165) is 4.90 Å². The van der Waals surface area contributed by atoms with Crippen LogP contribution in [-0.4, -0.2) is 131 Å². The van der Waals surface area contributed by atoms with E-state index in [-0.39, 0.29) is 50.5 Å². The standard InChI is InChI=1S/C39H63NO14/c1-10-27(15-16-33(44)52-11-2)29(43)21-30(25(6)34(45)26(7)42)53-38(48)28-14-12-13-17-40(28)37(47)36(46)39(49)23(4)20-32(51-9)35(54-39)31(50-8)19-22(3)18-24(5)41/h15-16,22-23,25,27-32,34-35,43,45,49H,10-14,17-21H2,1-9H3/b16-15+/t22-,23+,25+,27?,28-,29+,30-,31-,32-,34-,35+,39+/m0/s1. The normalized spacial score (nSPS) is 27.2. The van der Waals surface area contributed by atoms with Gasteiger partial charge in [0.2, 0.25) is 5.79 Å². The summed E-state index contributed by atoms with van der Waals surface area (Å²) in [4.78, 5) is 78.8. The lowest BCUT2D eigenvalue weighted by Crippen LogP contribution is -2.64. The van der Waals surface area contributed by atoms with Gasteiger partial charge in [-0.15, -0.1) is 0 Å². The van der Waals surface area contributed by atoms with Crippen molar-refractivity contribution in [2.24, 2.45) is 23.7 Å². The van der Waals surface area contributed by atoms with E-state index in [1.165, 1.54) is 47.1 Å². The molecule has 0 saturated carbocycles. The van der Waals surface area contributed by atoms with Crippen LogP contribution in [-0.2, 0) is 52.5 Å². The average molecular weight is 770 g/mol. The van der Waals surface area contributed by atoms with Gasteiger partial charge in [-0.3, -0.25) is 14.4 Å². The van der Waals surface area contributed by atoms with E-state index in [0.29, 0.717) is 25.7 Å². The highest BCUT2D eigenvalue weighted by atomic mass is 16.7. The average Bonchev–Trinajstić information content (AvgIpc) is 3.13. The van der Waals surface area contributed by atoms with Gasteiger partial charge >= 0.3 is 11.9 Å². The van der Waals surface area contributed by atoms with E-state index in [4.69, 9.17) is 23.7 Å². The SMILES string of the molecule is CCOC(=O)/C=C/C(CC)[C@H](O)C[C@H](OC(=O)[C@@H]1CCCCN1C(=O)C(=O)[C@]1(O)O[C@H]([C@H](C[C@@H](C)CC(C)=O)OC)[C@@H](OC)C[C@H]1C)[C@@H](C)[C@H](O)C(C)=O. The van der Waals surface area contributed by atoms with Gasteiger partial charge in [0.15, 0.2) is 5.78 Å². The predicted octanol–water partition coefficient (Wildman–Crippen LogP) is 2.48. The lowest BCUT2D eigenvalue weighted by atomic mass is 9.82. The number of aliphatic hydroxyl groups is 3. The summed E-state index contributed by atoms with van der Waals surface area (Å²) < 4.78 is 28.2. The predicted molar refractivity (Wildman–Crippen MR) is 195 cm³/mol. The minimum Gasteiger partial charge on any atom is -0.463 e. The number of rotatable bonds is 21. The number of carbonyl (C=O) groups is 6. The van der Waals surface area contributed by atoms with Crippen LogP contribution in [0.1, 0.15) is 99.8 Å². The van der Waals surface area contributed by atoms with E-state index in [2.05, 4.69) is 0 Å². The summed E-state index contributed by atoms with van der Waals surface area (Å²) >= 11 is 0. The van der Waals surface area contributed by atoms with Gasteiger partial charge in [0.1, 0.15) is 30.1 Å². The number of likely N-dealkylation sites (tertiary alicyclic amines) is 1. The van der Waals surface area contributed by atoms with Crippen LogP contribution >= 0.6 is 0 Å². The maximum Gasteiger partial charge on any atom is 0.330 e. The van der Waals surface area contributed by atoms with E-state index < -0.39 is 95.6 Å². The monoisotopic (exact) mass is 769 g/mol. The smallest absolute Gasteiger partial charge is 0.330 e. The molecule has 0 bridgehead atoms. The van der Waals surface area contributed by atoms with Crippen molar-refractivity contribution in [1.82, 2.24) is 4.90 Å². The zero-order valence-electron chi connectivity index (χ0n) is 33.4. The molecule has 0 aliphatic carbocycles. The van der Waals surface area contributed by atoms with Gasteiger partial charge in [0.05, 0.1) is 24.9 Å². The Morgan fingerprint density at radius 1 is 1.02 bits per heavy atom. The number of amides is 1. The van der Waals surface area contributed by atoms with Crippen LogP contribution in [0.4, 0.5) is 0 Å². The molecule has 54 heavy (non-hydrogen) atoms. The van der Waals surface area contributed by atoms with Crippen LogP contribution in [0.15, 0.2) is 12.2 Å². The number of piperidine rings is 1. The molecule has 1 unspecified atom stereocenters. The number of nitrogens with zero attached hydrogens (tertiary/aromatic N) is 1. The zero-order chi connectivity index (χ0) is 40.9. The summed E-state index contributed by atoms with van der Waals surface area (Å²) in [7, 11) is 2.91. The van der Waals surface area contributed by atoms with Crippen molar-refractivity contribution < 1.29 is 67.8 Å². The molecule has 1 amide bonds. The first kappa shape index (κ1) is 47.1. The first-order chi connectivity index (χ1) is 25.4. The first-order valence-electron chi connectivity index (χ1n) is 19.1. The Bertz CT molecular complexity index is 1320. The number of Topliss-reactive ketones (excluding diaryl/α,β-unsaturated/α-hetero) is 3. The number of ether oxygens (including phenoxy) is 5. The van der Waals surface area contributed by atoms with E-state index in [1.54, 1.807) is 20.8 Å². The largest absolute Gasteiger partial charge is 0.463 e. The molecule has 12 atom stereocenters. The Morgan fingerprint density at radius 2 is 1.69 bits per heavy atom. The Hall–Kier alpha value is -3.08. The lowest BCUT2D eigenvalue weighted by molar-refractivity contribution is -0.302. The van der Waals surface area contributed by atoms with Gasteiger partial charge in [-0.2, -0.15) is 0 Å². The van der Waals surface area contributed by atoms with Crippen molar-refractivity contribution in [3.8, 4) is 0 Å². The van der Waals surface area contributed by atoms with Crippen molar-refractivity contribution in [3.63, 3.8) is 0 Å². The third-order valence-electron chi connectivity index (χ3n) is 10.7. The minimum atomic E-state index is -2.59. The Labute approximate surface area is 319 Å². The van der Waals surface area contributed by atoms with E-state index in [1.807, 2.05) is 6.92 Å². The fourth-order valence-electron chi connectivity index (χ4n) is 7.42. The van der Waals surface area contributed by atoms with Crippen LogP contribution in [0.5, 0.6) is 0 Å². The van der Waals surface area contributed by atoms with Gasteiger partial charge in [0, 0.05) is 57.4 Å². The molecule has 2 aliphatic heterocycles. The highest BCUT2D eigenvalue weighted by Crippen LogP contribution is 2.38. The summed E-state index contributed by atoms with van der Waals surface area (Å²) in [5.41, 5.74) is 0. The molecule has 0 aromatic rings. The van der Waals surface area contributed by atoms with Crippen molar-refractivity contribution in [2.75, 3.05) is 27.4 Å². The van der Waals surface area contributed by atoms with Crippen LogP contribution in [0, 0.1) is 23.7 Å². The maximum absolute atomic E-state index is 14.0. The third kappa shape index (κ3) is 12.5. The van der Waals surface area contributed by atoms with Crippen molar-refractivity contribution in [3.05, 3.63) is 12.2 Å². The number of methoxy groups -OCH3 is 2. The van der Waals surface area contributed by atoms with Gasteiger partial charge in [-0.05, 0) is 65.2 Å². The van der Waals surface area contributed by atoms with Crippen molar-refractivity contribution >= 4 is 35.2 Å². The van der Waals surface area contributed by atoms with Gasteiger partial charge < -0.3 is 48.7 Å². The molecule has 2 saturated heterocycles. The van der Waals surface area contributed by atoms with Crippen LogP contribution in [0.2, 0.25) is 0 Å². The van der Waals surface area contributed by atoms with Crippen LogP contribution in [0.3, 0.4) is 0 Å². The fourth-order valence-corrected chi connectivity index (χ4v) is 7.42. The number of hydrogen-bond acceptors (Lipinski definition) is 14. The van der Waals surface area contributed by atoms with Gasteiger partial charge in [-0.25, -0.2) is 9.59 Å². The number of ketones is 3. The number of carbonyl (C=O) groups excluding carboxylic acids is 6. The molecule has 2 heterocycles. The molecular weight excluding hydrogens is 706 g/mol. The fraction of sp³-hybridized carbons (Fsp3) is 0.795. The number of esters is 2. The maximum atomic E-state index is 14.0. The molecule has 3 N–H and O–H groups in total. The Kier molecular flexibility index (Phi) is 19.1. The molecule has 0 aromatic heterocycles. The molecule has 0 radical (unpaired) electrons. The van der Waals surface area contributed by atoms with E-state index >= 15 is 0 Å². The lowest BCUT2D eigenvalue weighted by Gasteiger charge is -2.47. The van der Waals surface area contributed by atoms with Gasteiger partial charge in [-0.1, -0.05) is 33.8 Å². The Balaban J connectivity index is 2.37. The molecule has 2 rings (SSSR count). The highest BCUT2D eigenvalue weighted by Gasteiger charge is 2.56. The summed E-state index contributed by atoms with van der Waals surface area (Å²) in [5, 5.41) is 33.7. The molecule has 308 valence electrons. The number of aliphatic hydroxyl groups excluding tert-OH is 2. The van der Waals surface area contributed by atoms with Crippen molar-refractivity contribution in [1.29, 1.82) is 0 Å².